The second-order valence-electron chi connectivity index (χ2n) is 5.74. The number of urea groups is 1. The summed E-state index contributed by atoms with van der Waals surface area (Å²) in [5, 5.41) is 3.03. The van der Waals surface area contributed by atoms with Gasteiger partial charge in [-0.15, -0.1) is 0 Å². The Labute approximate surface area is 124 Å². The Hall–Kier alpha value is -2.04. The quantitative estimate of drug-likeness (QED) is 0.920. The van der Waals surface area contributed by atoms with Gasteiger partial charge in [0.05, 0.1) is 0 Å². The zero-order chi connectivity index (χ0) is 14.7. The topological polar surface area (TPSA) is 52.7 Å². The van der Waals surface area contributed by atoms with Crippen LogP contribution >= 0.6 is 0 Å². The average molecular weight is 287 g/mol. The first-order valence-electron chi connectivity index (χ1n) is 7.65. The summed E-state index contributed by atoms with van der Waals surface area (Å²) in [6, 6.07) is 9.82. The number of amides is 3. The van der Waals surface area contributed by atoms with Gasteiger partial charge in [-0.2, -0.15) is 0 Å². The first-order chi connectivity index (χ1) is 10.2. The minimum atomic E-state index is -0.0808. The number of hydrogen-bond donors (Lipinski definition) is 1. The van der Waals surface area contributed by atoms with Crippen LogP contribution in [0.5, 0.6) is 0 Å². The smallest absolute Gasteiger partial charge is 0.325 e. The number of anilines is 1. The molecule has 1 saturated heterocycles. The van der Waals surface area contributed by atoms with E-state index in [1.54, 1.807) is 9.80 Å². The van der Waals surface area contributed by atoms with Gasteiger partial charge >= 0.3 is 6.03 Å². The van der Waals surface area contributed by atoms with Crippen molar-refractivity contribution in [3.05, 3.63) is 30.3 Å². The second-order valence-corrected chi connectivity index (χ2v) is 5.74. The molecule has 0 atom stereocenters. The number of carbonyl (C=O) groups excluding carboxylic acids is 2. The van der Waals surface area contributed by atoms with Crippen LogP contribution in [0.1, 0.15) is 25.7 Å². The molecule has 1 N–H and O–H groups in total. The Morgan fingerprint density at radius 1 is 1.14 bits per heavy atom. The lowest BCUT2D eigenvalue weighted by Crippen LogP contribution is -2.42. The van der Waals surface area contributed by atoms with Crippen molar-refractivity contribution in [1.29, 1.82) is 0 Å². The van der Waals surface area contributed by atoms with Gasteiger partial charge in [0.2, 0.25) is 5.91 Å². The van der Waals surface area contributed by atoms with Gasteiger partial charge in [0, 0.05) is 24.8 Å². The molecule has 21 heavy (non-hydrogen) atoms. The Bertz CT molecular complexity index is 512. The third kappa shape index (κ3) is 3.17. The fourth-order valence-electron chi connectivity index (χ4n) is 3.09. The van der Waals surface area contributed by atoms with Gasteiger partial charge in [-0.1, -0.05) is 31.0 Å². The molecule has 1 aliphatic heterocycles. The molecule has 1 aromatic rings. The number of hydrogen-bond acceptors (Lipinski definition) is 2. The largest absolute Gasteiger partial charge is 0.352 e. The summed E-state index contributed by atoms with van der Waals surface area (Å²) < 4.78 is 0. The zero-order valence-electron chi connectivity index (χ0n) is 12.1. The Morgan fingerprint density at radius 3 is 2.57 bits per heavy atom. The molecule has 1 heterocycles. The third-order valence-electron chi connectivity index (χ3n) is 4.22. The maximum absolute atomic E-state index is 12.4. The van der Waals surface area contributed by atoms with Gasteiger partial charge in [0.15, 0.2) is 0 Å². The van der Waals surface area contributed by atoms with Crippen LogP contribution in [0, 0.1) is 0 Å². The molecule has 1 aliphatic carbocycles. The highest BCUT2D eigenvalue weighted by molar-refractivity contribution is 5.96. The number of carbonyl (C=O) groups is 2. The number of para-hydroxylation sites is 1. The number of rotatable bonds is 4. The Balaban J connectivity index is 1.55. The zero-order valence-corrected chi connectivity index (χ0v) is 12.1. The van der Waals surface area contributed by atoms with Crippen molar-refractivity contribution in [3.8, 4) is 0 Å². The van der Waals surface area contributed by atoms with Crippen molar-refractivity contribution in [3.63, 3.8) is 0 Å². The van der Waals surface area contributed by atoms with Gasteiger partial charge in [0.1, 0.15) is 6.54 Å². The normalized spacial score (nSPS) is 19.3. The van der Waals surface area contributed by atoms with Gasteiger partial charge < -0.3 is 10.2 Å². The molecular weight excluding hydrogens is 266 g/mol. The van der Waals surface area contributed by atoms with Crippen molar-refractivity contribution in [1.82, 2.24) is 10.2 Å². The van der Waals surface area contributed by atoms with E-state index < -0.39 is 0 Å². The fourth-order valence-corrected chi connectivity index (χ4v) is 3.09. The maximum Gasteiger partial charge on any atom is 0.325 e. The van der Waals surface area contributed by atoms with Gasteiger partial charge in [-0.05, 0) is 25.0 Å². The molecule has 3 rings (SSSR count). The Morgan fingerprint density at radius 2 is 1.86 bits per heavy atom. The van der Waals surface area contributed by atoms with Crippen LogP contribution in [-0.4, -0.2) is 42.5 Å². The lowest BCUT2D eigenvalue weighted by Gasteiger charge is -2.19. The lowest BCUT2D eigenvalue weighted by atomic mass is 10.2. The summed E-state index contributed by atoms with van der Waals surface area (Å²) in [4.78, 5) is 27.7. The van der Waals surface area contributed by atoms with Crippen LogP contribution < -0.4 is 10.2 Å². The van der Waals surface area contributed by atoms with E-state index in [1.165, 1.54) is 12.8 Å². The molecule has 2 fully saturated rings. The molecule has 0 radical (unpaired) electrons. The number of nitrogens with zero attached hydrogens (tertiary/aromatic N) is 2. The minimum absolute atomic E-state index is 0.0369. The van der Waals surface area contributed by atoms with E-state index in [0.29, 0.717) is 19.1 Å². The van der Waals surface area contributed by atoms with Crippen LogP contribution in [0.15, 0.2) is 30.3 Å². The van der Waals surface area contributed by atoms with Crippen LogP contribution in [0.2, 0.25) is 0 Å². The van der Waals surface area contributed by atoms with E-state index in [-0.39, 0.29) is 18.5 Å². The summed E-state index contributed by atoms with van der Waals surface area (Å²) >= 11 is 0. The molecular formula is C16H21N3O2. The van der Waals surface area contributed by atoms with E-state index in [2.05, 4.69) is 5.32 Å². The van der Waals surface area contributed by atoms with Crippen molar-refractivity contribution in [2.75, 3.05) is 24.5 Å². The van der Waals surface area contributed by atoms with E-state index in [0.717, 1.165) is 18.5 Å². The van der Waals surface area contributed by atoms with Gasteiger partial charge in [-0.3, -0.25) is 9.69 Å². The maximum atomic E-state index is 12.4. The molecule has 2 aliphatic rings. The monoisotopic (exact) mass is 287 g/mol. The summed E-state index contributed by atoms with van der Waals surface area (Å²) in [7, 11) is 0. The first kappa shape index (κ1) is 13.9. The minimum Gasteiger partial charge on any atom is -0.352 e. The molecule has 5 heteroatoms. The number of nitrogens with one attached hydrogen (secondary N) is 1. The first-order valence-corrected chi connectivity index (χ1v) is 7.65. The molecule has 0 aromatic heterocycles. The Kier molecular flexibility index (Phi) is 4.08. The summed E-state index contributed by atoms with van der Waals surface area (Å²) in [5.41, 5.74) is 0.890. The highest BCUT2D eigenvalue weighted by atomic mass is 16.2. The van der Waals surface area contributed by atoms with Crippen LogP contribution in [0.3, 0.4) is 0 Å². The van der Waals surface area contributed by atoms with Crippen molar-refractivity contribution in [2.24, 2.45) is 0 Å². The van der Waals surface area contributed by atoms with Gasteiger partial charge in [0.25, 0.3) is 0 Å². The van der Waals surface area contributed by atoms with Crippen LogP contribution in [-0.2, 0) is 4.79 Å². The fraction of sp³-hybridized carbons (Fsp3) is 0.500. The van der Waals surface area contributed by atoms with Gasteiger partial charge in [-0.25, -0.2) is 4.79 Å². The molecule has 1 aromatic carbocycles. The summed E-state index contributed by atoms with van der Waals surface area (Å²) in [6.07, 6.45) is 4.51. The molecule has 0 unspecified atom stereocenters. The molecule has 5 nitrogen and oxygen atoms in total. The highest BCUT2D eigenvalue weighted by Crippen LogP contribution is 2.20. The second kappa shape index (κ2) is 6.16. The lowest BCUT2D eigenvalue weighted by molar-refractivity contribution is -0.122. The SMILES string of the molecule is O=C(CN1CCN(c2ccccc2)C1=O)NC1CCCC1. The molecule has 3 amide bonds. The summed E-state index contributed by atoms with van der Waals surface area (Å²) in [5.74, 6) is -0.0369. The van der Waals surface area contributed by atoms with E-state index in [4.69, 9.17) is 0 Å². The standard InChI is InChI=1S/C16H21N3O2/c20-15(17-13-6-4-5-7-13)12-18-10-11-19(16(18)21)14-8-2-1-3-9-14/h1-3,8-9,13H,4-7,10-12H2,(H,17,20). The van der Waals surface area contributed by atoms with E-state index in [9.17, 15) is 9.59 Å². The van der Waals surface area contributed by atoms with Crippen LogP contribution in [0.25, 0.3) is 0 Å². The molecule has 1 saturated carbocycles. The number of benzene rings is 1. The predicted octanol–water partition coefficient (Wildman–Crippen LogP) is 1.99. The molecule has 0 spiro atoms. The van der Waals surface area contributed by atoms with E-state index in [1.807, 2.05) is 30.3 Å². The highest BCUT2D eigenvalue weighted by Gasteiger charge is 2.31. The van der Waals surface area contributed by atoms with Crippen molar-refractivity contribution < 1.29 is 9.59 Å². The predicted molar refractivity (Wildman–Crippen MR) is 81.2 cm³/mol. The molecule has 112 valence electrons. The van der Waals surface area contributed by atoms with E-state index >= 15 is 0 Å². The average Bonchev–Trinajstić information content (AvgIpc) is 3.11. The summed E-state index contributed by atoms with van der Waals surface area (Å²) in [6.45, 7) is 1.41. The van der Waals surface area contributed by atoms with Crippen molar-refractivity contribution in [2.45, 2.75) is 31.7 Å². The van der Waals surface area contributed by atoms with Crippen LogP contribution in [0.4, 0.5) is 10.5 Å². The molecule has 0 bridgehead atoms. The van der Waals surface area contributed by atoms with Crippen molar-refractivity contribution >= 4 is 17.6 Å². The third-order valence-corrected chi connectivity index (χ3v) is 4.22.